The van der Waals surface area contributed by atoms with Crippen LogP contribution in [0.3, 0.4) is 0 Å². The monoisotopic (exact) mass is 352 g/mol. The number of halogens is 1. The largest absolute Gasteiger partial charge is 0.473 e. The van der Waals surface area contributed by atoms with E-state index in [2.05, 4.69) is 30.4 Å². The van der Waals surface area contributed by atoms with Crippen molar-refractivity contribution in [3.63, 3.8) is 0 Å². The highest BCUT2D eigenvalue weighted by atomic mass is 19.1. The highest BCUT2D eigenvalue weighted by Crippen LogP contribution is 2.43. The third kappa shape index (κ3) is 2.53. The number of ether oxygens (including phenoxy) is 1. The van der Waals surface area contributed by atoms with Gasteiger partial charge in [-0.1, -0.05) is 72.8 Å². The van der Waals surface area contributed by atoms with Gasteiger partial charge in [0.25, 0.3) is 0 Å². The van der Waals surface area contributed by atoms with Gasteiger partial charge in [-0.3, -0.25) is 0 Å². The van der Waals surface area contributed by atoms with Crippen molar-refractivity contribution in [1.82, 2.24) is 0 Å². The Bertz CT molecular complexity index is 1150. The molecule has 1 aliphatic rings. The first-order valence-corrected chi connectivity index (χ1v) is 8.98. The summed E-state index contributed by atoms with van der Waals surface area (Å²) in [5, 5.41) is 2.34. The highest BCUT2D eigenvalue weighted by molar-refractivity contribution is 5.94. The fraction of sp³-hybridized carbons (Fsp3) is 0.0400. The predicted octanol–water partition coefficient (Wildman–Crippen LogP) is 6.33. The number of rotatable bonds is 2. The average Bonchev–Trinajstić information content (AvgIpc) is 2.74. The van der Waals surface area contributed by atoms with Gasteiger partial charge in [0.2, 0.25) is 0 Å². The first-order valence-electron chi connectivity index (χ1n) is 8.98. The Balaban J connectivity index is 1.74. The molecule has 4 aromatic rings. The fourth-order valence-electron chi connectivity index (χ4n) is 3.80. The van der Waals surface area contributed by atoms with E-state index in [0.29, 0.717) is 0 Å². The molecule has 1 unspecified atom stereocenters. The highest BCUT2D eigenvalue weighted by Gasteiger charge is 2.37. The quantitative estimate of drug-likeness (QED) is 0.410. The van der Waals surface area contributed by atoms with Crippen molar-refractivity contribution in [2.24, 2.45) is 0 Å². The van der Waals surface area contributed by atoms with Crippen molar-refractivity contribution in [3.8, 4) is 5.75 Å². The normalized spacial score (nSPS) is 18.1. The van der Waals surface area contributed by atoms with Crippen LogP contribution in [0.25, 0.3) is 16.8 Å². The SMILES string of the molecule is Fc1ccc(C2(c3ccccc3)C=Cc3c(ccc4ccccc34)O2)cc1. The molecule has 0 bridgehead atoms. The molecule has 5 rings (SSSR count). The van der Waals surface area contributed by atoms with Crippen LogP contribution in [0.2, 0.25) is 0 Å². The zero-order valence-electron chi connectivity index (χ0n) is 14.6. The Morgan fingerprint density at radius 3 is 2.19 bits per heavy atom. The molecule has 27 heavy (non-hydrogen) atoms. The van der Waals surface area contributed by atoms with Gasteiger partial charge in [0.15, 0.2) is 5.60 Å². The third-order valence-electron chi connectivity index (χ3n) is 5.16. The number of benzene rings is 4. The van der Waals surface area contributed by atoms with E-state index in [1.165, 1.54) is 17.5 Å². The van der Waals surface area contributed by atoms with Crippen LogP contribution < -0.4 is 4.74 Å². The summed E-state index contributed by atoms with van der Waals surface area (Å²) in [6.07, 6.45) is 4.20. The minimum Gasteiger partial charge on any atom is -0.473 e. The molecule has 0 spiro atoms. The molecule has 1 heterocycles. The molecule has 1 atom stereocenters. The molecule has 1 nitrogen and oxygen atoms in total. The summed E-state index contributed by atoms with van der Waals surface area (Å²) in [7, 11) is 0. The van der Waals surface area contributed by atoms with Crippen molar-refractivity contribution < 1.29 is 9.13 Å². The maximum atomic E-state index is 13.5. The second kappa shape index (κ2) is 6.10. The number of hydrogen-bond acceptors (Lipinski definition) is 1. The summed E-state index contributed by atoms with van der Waals surface area (Å²) in [5.41, 5.74) is 2.18. The number of fused-ring (bicyclic) bond motifs is 3. The molecule has 1 aliphatic heterocycles. The molecule has 0 amide bonds. The lowest BCUT2D eigenvalue weighted by molar-refractivity contribution is 0.161. The lowest BCUT2D eigenvalue weighted by Gasteiger charge is -2.36. The first-order chi connectivity index (χ1) is 13.3. The maximum absolute atomic E-state index is 13.5. The Morgan fingerprint density at radius 2 is 1.37 bits per heavy atom. The van der Waals surface area contributed by atoms with Gasteiger partial charge in [-0.15, -0.1) is 0 Å². The zero-order chi connectivity index (χ0) is 18.3. The fourth-order valence-corrected chi connectivity index (χ4v) is 3.80. The van der Waals surface area contributed by atoms with Crippen molar-refractivity contribution in [3.05, 3.63) is 120 Å². The van der Waals surface area contributed by atoms with Gasteiger partial charge in [0, 0.05) is 16.7 Å². The van der Waals surface area contributed by atoms with Crippen LogP contribution in [-0.2, 0) is 5.60 Å². The van der Waals surface area contributed by atoms with E-state index >= 15 is 0 Å². The molecule has 0 N–H and O–H groups in total. The van der Waals surface area contributed by atoms with Crippen LogP contribution in [0.5, 0.6) is 5.75 Å². The lowest BCUT2D eigenvalue weighted by atomic mass is 9.83. The Kier molecular flexibility index (Phi) is 3.58. The summed E-state index contributed by atoms with van der Waals surface area (Å²) in [4.78, 5) is 0. The standard InChI is InChI=1S/C25H17FO/c26-21-13-11-20(12-14-21)25(19-7-2-1-3-8-19)17-16-23-22-9-5-4-6-18(22)10-15-24(23)27-25/h1-17H. The molecule has 4 aromatic carbocycles. The molecule has 0 fully saturated rings. The van der Waals surface area contributed by atoms with E-state index in [4.69, 9.17) is 4.74 Å². The molecule has 0 saturated heterocycles. The smallest absolute Gasteiger partial charge is 0.178 e. The van der Waals surface area contributed by atoms with E-state index < -0.39 is 5.60 Å². The van der Waals surface area contributed by atoms with Gasteiger partial charge >= 0.3 is 0 Å². The zero-order valence-corrected chi connectivity index (χ0v) is 14.6. The summed E-state index contributed by atoms with van der Waals surface area (Å²) in [6.45, 7) is 0. The van der Waals surface area contributed by atoms with E-state index in [1.807, 2.05) is 48.5 Å². The molecule has 0 aromatic heterocycles. The molecular weight excluding hydrogens is 335 g/mol. The molecule has 0 saturated carbocycles. The molecule has 2 heteroatoms. The third-order valence-corrected chi connectivity index (χ3v) is 5.16. The van der Waals surface area contributed by atoms with E-state index in [-0.39, 0.29) is 5.82 Å². The van der Waals surface area contributed by atoms with Gasteiger partial charge in [-0.05, 0) is 41.1 Å². The topological polar surface area (TPSA) is 9.23 Å². The summed E-state index contributed by atoms with van der Waals surface area (Å²) in [6, 6.07) is 29.0. The van der Waals surface area contributed by atoms with Gasteiger partial charge < -0.3 is 4.74 Å². The Hall–Kier alpha value is -3.39. The van der Waals surface area contributed by atoms with Crippen molar-refractivity contribution >= 4 is 16.8 Å². The van der Waals surface area contributed by atoms with Crippen molar-refractivity contribution in [2.45, 2.75) is 5.60 Å². The molecule has 130 valence electrons. The van der Waals surface area contributed by atoms with Gasteiger partial charge in [-0.25, -0.2) is 4.39 Å². The lowest BCUT2D eigenvalue weighted by Crippen LogP contribution is -2.34. The minimum absolute atomic E-state index is 0.256. The van der Waals surface area contributed by atoms with Crippen LogP contribution >= 0.6 is 0 Å². The molecule has 0 aliphatic carbocycles. The van der Waals surface area contributed by atoms with E-state index in [9.17, 15) is 4.39 Å². The van der Waals surface area contributed by atoms with Gasteiger partial charge in [-0.2, -0.15) is 0 Å². The first kappa shape index (κ1) is 15.8. The molecular formula is C25H17FO. The van der Waals surface area contributed by atoms with Crippen LogP contribution in [-0.4, -0.2) is 0 Å². The van der Waals surface area contributed by atoms with Crippen LogP contribution in [0.1, 0.15) is 16.7 Å². The maximum Gasteiger partial charge on any atom is 0.178 e. The second-order valence-electron chi connectivity index (χ2n) is 6.74. The van der Waals surface area contributed by atoms with Crippen LogP contribution in [0, 0.1) is 5.82 Å². The predicted molar refractivity (Wildman–Crippen MR) is 107 cm³/mol. The van der Waals surface area contributed by atoms with Crippen LogP contribution in [0.4, 0.5) is 4.39 Å². The minimum atomic E-state index is -0.787. The van der Waals surface area contributed by atoms with E-state index in [0.717, 1.165) is 27.8 Å². The molecule has 0 radical (unpaired) electrons. The average molecular weight is 352 g/mol. The summed E-state index contributed by atoms with van der Waals surface area (Å²) >= 11 is 0. The van der Waals surface area contributed by atoms with Crippen molar-refractivity contribution in [1.29, 1.82) is 0 Å². The Morgan fingerprint density at radius 1 is 0.667 bits per heavy atom. The van der Waals surface area contributed by atoms with Crippen LogP contribution in [0.15, 0.2) is 97.1 Å². The van der Waals surface area contributed by atoms with Gasteiger partial charge in [0.1, 0.15) is 11.6 Å². The van der Waals surface area contributed by atoms with Gasteiger partial charge in [0.05, 0.1) is 0 Å². The second-order valence-corrected chi connectivity index (χ2v) is 6.74. The van der Waals surface area contributed by atoms with E-state index in [1.54, 1.807) is 12.1 Å². The van der Waals surface area contributed by atoms with Crippen molar-refractivity contribution in [2.75, 3.05) is 0 Å². The summed E-state index contributed by atoms with van der Waals surface area (Å²) in [5.74, 6) is 0.567. The summed E-state index contributed by atoms with van der Waals surface area (Å²) < 4.78 is 20.2. The number of hydrogen-bond donors (Lipinski definition) is 0. The Labute approximate surface area is 157 Å².